The molecule has 2 aromatic heterocycles. The molecular weight excluding hydrogens is 398 g/mol. The summed E-state index contributed by atoms with van der Waals surface area (Å²) in [5, 5.41) is 8.41. The molecule has 3 heterocycles. The van der Waals surface area contributed by atoms with Gasteiger partial charge in [0.2, 0.25) is 0 Å². The Morgan fingerprint density at radius 1 is 0.812 bits per heavy atom. The van der Waals surface area contributed by atoms with Crippen molar-refractivity contribution >= 4 is 5.69 Å². The summed E-state index contributed by atoms with van der Waals surface area (Å²) < 4.78 is 7.61. The van der Waals surface area contributed by atoms with E-state index < -0.39 is 0 Å². The van der Waals surface area contributed by atoms with E-state index >= 15 is 0 Å². The Morgan fingerprint density at radius 2 is 1.53 bits per heavy atom. The van der Waals surface area contributed by atoms with Crippen molar-refractivity contribution in [3.8, 4) is 17.1 Å². The van der Waals surface area contributed by atoms with E-state index in [1.165, 1.54) is 5.69 Å². The molecule has 1 saturated heterocycles. The minimum atomic E-state index is 0.734. The Balaban J connectivity index is 1.14. The number of nitrogens with one attached hydrogen (secondary N) is 1. The SMILES string of the molecule is c1ccc(N2CCN(CCNCc3cc(-c4ccco4)n(-c4ccccc4)n3)CC2)cc1. The van der Waals surface area contributed by atoms with E-state index in [2.05, 4.69) is 63.6 Å². The molecule has 0 amide bonds. The minimum Gasteiger partial charge on any atom is -0.463 e. The van der Waals surface area contributed by atoms with Crippen molar-refractivity contribution in [3.63, 3.8) is 0 Å². The second kappa shape index (κ2) is 9.85. The molecule has 0 spiro atoms. The Bertz CT molecular complexity index is 1080. The fraction of sp³-hybridized carbons (Fsp3) is 0.269. The number of piperazine rings is 1. The minimum absolute atomic E-state index is 0.734. The van der Waals surface area contributed by atoms with Gasteiger partial charge in [-0.3, -0.25) is 4.90 Å². The first-order valence-corrected chi connectivity index (χ1v) is 11.3. The molecule has 0 atom stereocenters. The van der Waals surface area contributed by atoms with Gasteiger partial charge in [0.05, 0.1) is 17.6 Å². The Kier molecular flexibility index (Phi) is 6.32. The van der Waals surface area contributed by atoms with E-state index in [0.717, 1.165) is 68.6 Å². The molecule has 6 heteroatoms. The predicted octanol–water partition coefficient (Wildman–Crippen LogP) is 4.04. The smallest absolute Gasteiger partial charge is 0.152 e. The number of rotatable bonds is 8. The van der Waals surface area contributed by atoms with Crippen LogP contribution in [0.25, 0.3) is 17.1 Å². The molecule has 164 valence electrons. The van der Waals surface area contributed by atoms with E-state index in [4.69, 9.17) is 9.52 Å². The lowest BCUT2D eigenvalue weighted by Crippen LogP contribution is -2.48. The second-order valence-electron chi connectivity index (χ2n) is 8.09. The summed E-state index contributed by atoms with van der Waals surface area (Å²) in [7, 11) is 0. The van der Waals surface area contributed by atoms with Crippen molar-refractivity contribution in [3.05, 3.63) is 90.8 Å². The van der Waals surface area contributed by atoms with E-state index in [1.807, 2.05) is 35.0 Å². The molecule has 0 saturated carbocycles. The molecule has 4 aromatic rings. The molecule has 6 nitrogen and oxygen atoms in total. The van der Waals surface area contributed by atoms with Crippen LogP contribution in [0.4, 0.5) is 5.69 Å². The van der Waals surface area contributed by atoms with Gasteiger partial charge in [-0.05, 0) is 42.5 Å². The number of hydrogen-bond acceptors (Lipinski definition) is 5. The summed E-state index contributed by atoms with van der Waals surface area (Å²) in [5.74, 6) is 0.823. The second-order valence-corrected chi connectivity index (χ2v) is 8.09. The predicted molar refractivity (Wildman–Crippen MR) is 128 cm³/mol. The average Bonchev–Trinajstić information content (AvgIpc) is 3.54. The first-order valence-electron chi connectivity index (χ1n) is 11.3. The third kappa shape index (κ3) is 4.77. The molecule has 1 N–H and O–H groups in total. The van der Waals surface area contributed by atoms with E-state index in [9.17, 15) is 0 Å². The summed E-state index contributed by atoms with van der Waals surface area (Å²) in [5.41, 5.74) is 4.33. The van der Waals surface area contributed by atoms with E-state index in [-0.39, 0.29) is 0 Å². The highest BCUT2D eigenvalue weighted by molar-refractivity contribution is 5.57. The molecule has 0 aliphatic carbocycles. The lowest BCUT2D eigenvalue weighted by molar-refractivity contribution is 0.257. The van der Waals surface area contributed by atoms with E-state index in [0.29, 0.717) is 0 Å². The average molecular weight is 428 g/mol. The van der Waals surface area contributed by atoms with Gasteiger partial charge >= 0.3 is 0 Å². The maximum atomic E-state index is 5.65. The summed E-state index contributed by atoms with van der Waals surface area (Å²) in [4.78, 5) is 5.00. The zero-order chi connectivity index (χ0) is 21.6. The standard InChI is InChI=1S/C26H29N5O/c1-3-8-23(9-4-1)30-17-15-29(16-18-30)14-13-27-21-22-20-25(26-12-7-19-32-26)31(28-22)24-10-5-2-6-11-24/h1-12,19-20,27H,13-18,21H2. The van der Waals surface area contributed by atoms with E-state index in [1.54, 1.807) is 6.26 Å². The van der Waals surface area contributed by atoms with Crippen molar-refractivity contribution in [2.75, 3.05) is 44.2 Å². The van der Waals surface area contributed by atoms with Gasteiger partial charge in [-0.25, -0.2) is 4.68 Å². The lowest BCUT2D eigenvalue weighted by Gasteiger charge is -2.36. The fourth-order valence-corrected chi connectivity index (χ4v) is 4.20. The van der Waals surface area contributed by atoms with Crippen LogP contribution >= 0.6 is 0 Å². The van der Waals surface area contributed by atoms with Crippen LogP contribution in [-0.4, -0.2) is 53.9 Å². The largest absolute Gasteiger partial charge is 0.463 e. The van der Waals surface area contributed by atoms with Crippen LogP contribution in [0.1, 0.15) is 5.69 Å². The van der Waals surface area contributed by atoms with Gasteiger partial charge in [-0.1, -0.05) is 36.4 Å². The van der Waals surface area contributed by atoms with Crippen molar-refractivity contribution in [2.45, 2.75) is 6.54 Å². The molecule has 32 heavy (non-hydrogen) atoms. The van der Waals surface area contributed by atoms with Crippen LogP contribution < -0.4 is 10.2 Å². The zero-order valence-corrected chi connectivity index (χ0v) is 18.2. The van der Waals surface area contributed by atoms with Crippen molar-refractivity contribution in [1.29, 1.82) is 0 Å². The molecule has 2 aromatic carbocycles. The van der Waals surface area contributed by atoms with Crippen molar-refractivity contribution in [2.24, 2.45) is 0 Å². The van der Waals surface area contributed by atoms with Gasteiger partial charge in [-0.15, -0.1) is 0 Å². The van der Waals surface area contributed by atoms with Gasteiger partial charge < -0.3 is 14.6 Å². The molecule has 5 rings (SSSR count). The van der Waals surface area contributed by atoms with Gasteiger partial charge in [0.25, 0.3) is 0 Å². The molecule has 1 fully saturated rings. The summed E-state index contributed by atoms with van der Waals surface area (Å²) in [6, 6.07) is 26.9. The zero-order valence-electron chi connectivity index (χ0n) is 18.2. The molecule has 1 aliphatic rings. The Morgan fingerprint density at radius 3 is 2.22 bits per heavy atom. The van der Waals surface area contributed by atoms with Crippen LogP contribution in [0, 0.1) is 0 Å². The normalized spacial score (nSPS) is 14.7. The van der Waals surface area contributed by atoms with Crippen LogP contribution in [0.3, 0.4) is 0 Å². The van der Waals surface area contributed by atoms with Crippen LogP contribution in [0.5, 0.6) is 0 Å². The van der Waals surface area contributed by atoms with Crippen LogP contribution in [-0.2, 0) is 6.54 Å². The van der Waals surface area contributed by atoms with Crippen LogP contribution in [0.2, 0.25) is 0 Å². The van der Waals surface area contributed by atoms with Crippen molar-refractivity contribution < 1.29 is 4.42 Å². The Labute approximate surface area is 189 Å². The quantitative estimate of drug-likeness (QED) is 0.430. The fourth-order valence-electron chi connectivity index (χ4n) is 4.20. The lowest BCUT2D eigenvalue weighted by atomic mass is 10.2. The molecule has 0 bridgehead atoms. The monoisotopic (exact) mass is 427 g/mol. The summed E-state index contributed by atoms with van der Waals surface area (Å²) in [6.45, 7) is 7.09. The third-order valence-corrected chi connectivity index (χ3v) is 5.94. The first kappa shape index (κ1) is 20.5. The highest BCUT2D eigenvalue weighted by Gasteiger charge is 2.17. The number of anilines is 1. The molecule has 0 unspecified atom stereocenters. The number of hydrogen-bond donors (Lipinski definition) is 1. The van der Waals surface area contributed by atoms with Gasteiger partial charge in [-0.2, -0.15) is 5.10 Å². The maximum Gasteiger partial charge on any atom is 0.152 e. The number of aromatic nitrogens is 2. The number of nitrogens with zero attached hydrogens (tertiary/aromatic N) is 4. The van der Waals surface area contributed by atoms with Gasteiger partial charge in [0.1, 0.15) is 5.69 Å². The van der Waals surface area contributed by atoms with Gasteiger partial charge in [0.15, 0.2) is 5.76 Å². The highest BCUT2D eigenvalue weighted by Crippen LogP contribution is 2.24. The molecule has 0 radical (unpaired) electrons. The van der Waals surface area contributed by atoms with Crippen molar-refractivity contribution in [1.82, 2.24) is 20.0 Å². The third-order valence-electron chi connectivity index (χ3n) is 5.94. The topological polar surface area (TPSA) is 49.5 Å². The Hall–Kier alpha value is -3.35. The van der Waals surface area contributed by atoms with Gasteiger partial charge in [0, 0.05) is 51.5 Å². The highest BCUT2D eigenvalue weighted by atomic mass is 16.3. The number of furan rings is 1. The van der Waals surface area contributed by atoms with Crippen LogP contribution in [0.15, 0.2) is 89.5 Å². The summed E-state index contributed by atoms with van der Waals surface area (Å²) >= 11 is 0. The number of para-hydroxylation sites is 2. The first-order chi connectivity index (χ1) is 15.9. The molecular formula is C26H29N5O. The summed E-state index contributed by atoms with van der Waals surface area (Å²) in [6.07, 6.45) is 1.70. The molecule has 1 aliphatic heterocycles. The number of benzene rings is 2. The maximum absolute atomic E-state index is 5.65.